The van der Waals surface area contributed by atoms with Gasteiger partial charge in [0.05, 0.1) is 6.54 Å². The predicted molar refractivity (Wildman–Crippen MR) is 78.3 cm³/mol. The van der Waals surface area contributed by atoms with Crippen LogP contribution >= 0.6 is 0 Å². The Hall–Kier alpha value is -1.79. The van der Waals surface area contributed by atoms with Crippen LogP contribution in [0.3, 0.4) is 0 Å². The van der Waals surface area contributed by atoms with Crippen LogP contribution < -0.4 is 11.1 Å². The molecule has 0 saturated heterocycles. The highest BCUT2D eigenvalue weighted by Crippen LogP contribution is 2.18. The lowest BCUT2D eigenvalue weighted by Crippen LogP contribution is -2.27. The molecule has 0 bridgehead atoms. The van der Waals surface area contributed by atoms with Crippen molar-refractivity contribution in [2.45, 2.75) is 33.7 Å². The number of hydrogen-bond donors (Lipinski definition) is 2. The second kappa shape index (κ2) is 6.96. The van der Waals surface area contributed by atoms with Gasteiger partial charge in [0, 0.05) is 18.5 Å². The molecule has 0 aliphatic carbocycles. The number of amides is 1. The lowest BCUT2D eigenvalue weighted by Gasteiger charge is -2.17. The summed E-state index contributed by atoms with van der Waals surface area (Å²) in [6.45, 7) is 6.99. The molecular weight excluding hydrogens is 236 g/mol. The molecule has 0 aliphatic heterocycles. The maximum Gasteiger partial charge on any atom is 0.220 e. The third-order valence-electron chi connectivity index (χ3n) is 2.51. The molecule has 0 aromatic heterocycles. The Kier molecular flexibility index (Phi) is 5.59. The zero-order valence-corrected chi connectivity index (χ0v) is 11.9. The largest absolute Gasteiger partial charge is 0.352 e. The van der Waals surface area contributed by atoms with Gasteiger partial charge in [-0.25, -0.2) is 0 Å². The molecule has 1 aromatic rings. The van der Waals surface area contributed by atoms with E-state index in [0.29, 0.717) is 19.5 Å². The van der Waals surface area contributed by atoms with E-state index in [1.165, 1.54) is 0 Å². The summed E-state index contributed by atoms with van der Waals surface area (Å²) in [6.07, 6.45) is 0.518. The summed E-state index contributed by atoms with van der Waals surface area (Å²) in [7, 11) is 0. The number of benzene rings is 1. The van der Waals surface area contributed by atoms with E-state index in [1.54, 1.807) is 0 Å². The molecule has 19 heavy (non-hydrogen) atoms. The van der Waals surface area contributed by atoms with Gasteiger partial charge in [0.25, 0.3) is 0 Å². The molecule has 1 amide bonds. The van der Waals surface area contributed by atoms with Gasteiger partial charge in [-0.05, 0) is 17.0 Å². The molecule has 0 atom stereocenters. The van der Waals surface area contributed by atoms with Crippen molar-refractivity contribution in [2.75, 3.05) is 6.54 Å². The topological polar surface area (TPSA) is 55.1 Å². The second-order valence-electron chi connectivity index (χ2n) is 5.68. The van der Waals surface area contributed by atoms with Crippen LogP contribution in [0.2, 0.25) is 0 Å². The Labute approximate surface area is 115 Å². The molecule has 0 unspecified atom stereocenters. The van der Waals surface area contributed by atoms with Crippen LogP contribution in [0.4, 0.5) is 0 Å². The van der Waals surface area contributed by atoms with E-state index in [-0.39, 0.29) is 11.3 Å². The maximum atomic E-state index is 11.8. The van der Waals surface area contributed by atoms with E-state index in [1.807, 2.05) is 45.0 Å². The van der Waals surface area contributed by atoms with Crippen LogP contribution in [0.15, 0.2) is 24.3 Å². The van der Waals surface area contributed by atoms with Crippen LogP contribution in [-0.2, 0) is 11.3 Å². The number of nitrogens with one attached hydrogen (secondary N) is 1. The average molecular weight is 258 g/mol. The maximum absolute atomic E-state index is 11.8. The molecule has 0 radical (unpaired) electrons. The molecule has 102 valence electrons. The van der Waals surface area contributed by atoms with E-state index < -0.39 is 0 Å². The summed E-state index contributed by atoms with van der Waals surface area (Å²) in [6, 6.07) is 7.78. The predicted octanol–water partition coefficient (Wildman–Crippen LogP) is 2.05. The molecule has 0 fully saturated rings. The van der Waals surface area contributed by atoms with Gasteiger partial charge >= 0.3 is 0 Å². The number of hydrogen-bond acceptors (Lipinski definition) is 2. The van der Waals surface area contributed by atoms with Crippen molar-refractivity contribution in [3.63, 3.8) is 0 Å². The third kappa shape index (κ3) is 6.08. The molecular formula is C16H22N2O. The fourth-order valence-corrected chi connectivity index (χ4v) is 1.68. The smallest absolute Gasteiger partial charge is 0.220 e. The van der Waals surface area contributed by atoms with E-state index in [4.69, 9.17) is 5.73 Å². The first kappa shape index (κ1) is 15.3. The standard InChI is InChI=1S/C16H22N2O/c1-16(2,3)11-15(19)18-12-14-8-5-4-7-13(14)9-6-10-17/h4-5,7-8H,10-12,17H2,1-3H3,(H,18,19). The number of carbonyl (C=O) groups is 1. The van der Waals surface area contributed by atoms with Crippen molar-refractivity contribution in [3.05, 3.63) is 35.4 Å². The molecule has 1 rings (SSSR count). The van der Waals surface area contributed by atoms with Crippen molar-refractivity contribution >= 4 is 5.91 Å². The normalized spacial score (nSPS) is 10.5. The summed E-state index contributed by atoms with van der Waals surface area (Å²) in [4.78, 5) is 11.8. The van der Waals surface area contributed by atoms with E-state index in [2.05, 4.69) is 17.2 Å². The van der Waals surface area contributed by atoms with Crippen LogP contribution in [-0.4, -0.2) is 12.5 Å². The zero-order valence-electron chi connectivity index (χ0n) is 11.9. The molecule has 3 heteroatoms. The lowest BCUT2D eigenvalue weighted by molar-refractivity contribution is -0.122. The van der Waals surface area contributed by atoms with Gasteiger partial charge in [0.2, 0.25) is 5.91 Å². The lowest BCUT2D eigenvalue weighted by atomic mass is 9.92. The molecule has 0 aliphatic rings. The van der Waals surface area contributed by atoms with Gasteiger partial charge in [-0.1, -0.05) is 50.8 Å². The minimum atomic E-state index is 0.00293. The Morgan fingerprint density at radius 3 is 2.63 bits per heavy atom. The Balaban J connectivity index is 2.65. The first-order chi connectivity index (χ1) is 8.92. The molecule has 0 heterocycles. The van der Waals surface area contributed by atoms with E-state index in [0.717, 1.165) is 11.1 Å². The summed E-state index contributed by atoms with van der Waals surface area (Å²) in [5.41, 5.74) is 7.32. The summed E-state index contributed by atoms with van der Waals surface area (Å²) in [5, 5.41) is 2.93. The Morgan fingerprint density at radius 1 is 1.32 bits per heavy atom. The van der Waals surface area contributed by atoms with Gasteiger partial charge < -0.3 is 11.1 Å². The zero-order chi connectivity index (χ0) is 14.3. The minimum absolute atomic E-state index is 0.00293. The molecule has 3 nitrogen and oxygen atoms in total. The third-order valence-corrected chi connectivity index (χ3v) is 2.51. The second-order valence-corrected chi connectivity index (χ2v) is 5.68. The first-order valence-electron chi connectivity index (χ1n) is 6.46. The minimum Gasteiger partial charge on any atom is -0.352 e. The molecule has 1 aromatic carbocycles. The Bertz CT molecular complexity index is 489. The SMILES string of the molecule is CC(C)(C)CC(=O)NCc1ccccc1C#CCN. The van der Waals surface area contributed by atoms with Crippen molar-refractivity contribution in [1.82, 2.24) is 5.32 Å². The molecule has 3 N–H and O–H groups in total. The van der Waals surface area contributed by atoms with Gasteiger partial charge in [-0.3, -0.25) is 4.79 Å². The highest BCUT2D eigenvalue weighted by Gasteiger charge is 2.15. The summed E-state index contributed by atoms with van der Waals surface area (Å²) >= 11 is 0. The number of carbonyl (C=O) groups excluding carboxylic acids is 1. The molecule has 0 spiro atoms. The fourth-order valence-electron chi connectivity index (χ4n) is 1.68. The van der Waals surface area contributed by atoms with Gasteiger partial charge in [-0.2, -0.15) is 0 Å². The van der Waals surface area contributed by atoms with Crippen molar-refractivity contribution in [1.29, 1.82) is 0 Å². The van der Waals surface area contributed by atoms with Crippen molar-refractivity contribution < 1.29 is 4.79 Å². The van der Waals surface area contributed by atoms with Crippen LogP contribution in [0.5, 0.6) is 0 Å². The summed E-state index contributed by atoms with van der Waals surface area (Å²) < 4.78 is 0. The van der Waals surface area contributed by atoms with Crippen molar-refractivity contribution in [2.24, 2.45) is 11.1 Å². The average Bonchev–Trinajstić information content (AvgIpc) is 2.32. The van der Waals surface area contributed by atoms with Gasteiger partial charge in [0.15, 0.2) is 0 Å². The van der Waals surface area contributed by atoms with E-state index >= 15 is 0 Å². The highest BCUT2D eigenvalue weighted by atomic mass is 16.1. The van der Waals surface area contributed by atoms with E-state index in [9.17, 15) is 4.79 Å². The fraction of sp³-hybridized carbons (Fsp3) is 0.438. The quantitative estimate of drug-likeness (QED) is 0.815. The van der Waals surface area contributed by atoms with Crippen molar-refractivity contribution in [3.8, 4) is 11.8 Å². The highest BCUT2D eigenvalue weighted by molar-refractivity contribution is 5.76. The summed E-state index contributed by atoms with van der Waals surface area (Å²) in [5.74, 6) is 5.92. The first-order valence-corrected chi connectivity index (χ1v) is 6.46. The van der Waals surface area contributed by atoms with Gasteiger partial charge in [-0.15, -0.1) is 0 Å². The number of nitrogens with two attached hydrogens (primary N) is 1. The van der Waals surface area contributed by atoms with Crippen LogP contribution in [0, 0.1) is 17.3 Å². The Morgan fingerprint density at radius 2 is 2.00 bits per heavy atom. The number of rotatable bonds is 3. The van der Waals surface area contributed by atoms with Crippen LogP contribution in [0.25, 0.3) is 0 Å². The molecule has 0 saturated carbocycles. The monoisotopic (exact) mass is 258 g/mol. The van der Waals surface area contributed by atoms with Gasteiger partial charge in [0.1, 0.15) is 0 Å². The van der Waals surface area contributed by atoms with Crippen LogP contribution in [0.1, 0.15) is 38.3 Å².